The number of likely N-dealkylation sites (tertiary alicyclic amines) is 1. The van der Waals surface area contributed by atoms with E-state index in [1.807, 2.05) is 27.7 Å². The van der Waals surface area contributed by atoms with Crippen LogP contribution in [0.25, 0.3) is 0 Å². The Labute approximate surface area is 103 Å². The first-order valence-electron chi connectivity index (χ1n) is 6.40. The maximum Gasteiger partial charge on any atom is 0.236 e. The lowest BCUT2D eigenvalue weighted by Gasteiger charge is -2.30. The van der Waals surface area contributed by atoms with Crippen molar-refractivity contribution in [3.05, 3.63) is 0 Å². The van der Waals surface area contributed by atoms with Gasteiger partial charge in [0.15, 0.2) is 0 Å². The zero-order valence-corrected chi connectivity index (χ0v) is 11.2. The van der Waals surface area contributed by atoms with Crippen LogP contribution in [0.1, 0.15) is 47.0 Å². The molecule has 2 atom stereocenters. The van der Waals surface area contributed by atoms with Gasteiger partial charge in [0.1, 0.15) is 0 Å². The van der Waals surface area contributed by atoms with Gasteiger partial charge in [-0.3, -0.25) is 14.5 Å². The third kappa shape index (κ3) is 2.23. The molecule has 4 nitrogen and oxygen atoms in total. The van der Waals surface area contributed by atoms with Crippen LogP contribution in [0.5, 0.6) is 0 Å². The molecular weight excluding hydrogens is 218 g/mol. The van der Waals surface area contributed by atoms with Crippen molar-refractivity contribution < 1.29 is 14.7 Å². The number of rotatable bonds is 5. The third-order valence-corrected chi connectivity index (χ3v) is 4.30. The number of imide groups is 1. The quantitative estimate of drug-likeness (QED) is 0.743. The molecule has 2 unspecified atom stereocenters. The molecule has 17 heavy (non-hydrogen) atoms. The zero-order valence-electron chi connectivity index (χ0n) is 11.2. The van der Waals surface area contributed by atoms with Crippen LogP contribution in [0.3, 0.4) is 0 Å². The molecule has 0 saturated carbocycles. The van der Waals surface area contributed by atoms with E-state index < -0.39 is 5.41 Å². The zero-order chi connectivity index (χ0) is 13.2. The molecule has 0 bridgehead atoms. The minimum absolute atomic E-state index is 0.0104. The normalized spacial score (nSPS) is 23.0. The summed E-state index contributed by atoms with van der Waals surface area (Å²) in [5, 5.41) is 9.13. The average molecular weight is 241 g/mol. The number of hydrogen-bond acceptors (Lipinski definition) is 3. The molecule has 1 saturated heterocycles. The van der Waals surface area contributed by atoms with E-state index in [2.05, 4.69) is 0 Å². The molecule has 1 N–H and O–H groups in total. The van der Waals surface area contributed by atoms with Crippen molar-refractivity contribution in [2.24, 2.45) is 11.3 Å². The second kappa shape index (κ2) is 5.17. The summed E-state index contributed by atoms with van der Waals surface area (Å²) in [6.45, 7) is 7.58. The predicted molar refractivity (Wildman–Crippen MR) is 65.2 cm³/mol. The molecule has 1 heterocycles. The number of carbonyl (C=O) groups excluding carboxylic acids is 2. The lowest BCUT2D eigenvalue weighted by molar-refractivity contribution is -0.145. The van der Waals surface area contributed by atoms with Crippen molar-refractivity contribution >= 4 is 11.8 Å². The highest BCUT2D eigenvalue weighted by atomic mass is 16.3. The third-order valence-electron chi connectivity index (χ3n) is 4.30. The Balaban J connectivity index is 2.96. The molecule has 98 valence electrons. The average Bonchev–Trinajstić information content (AvgIpc) is 2.59. The molecule has 4 heteroatoms. The summed E-state index contributed by atoms with van der Waals surface area (Å²) in [6, 6.07) is -0.222. The van der Waals surface area contributed by atoms with Crippen LogP contribution in [0.2, 0.25) is 0 Å². The lowest BCUT2D eigenvalue weighted by atomic mass is 9.81. The fraction of sp³-hybridized carbons (Fsp3) is 0.846. The number of aliphatic hydroxyl groups is 1. The topological polar surface area (TPSA) is 57.6 Å². The molecule has 0 radical (unpaired) electrons. The van der Waals surface area contributed by atoms with Crippen LogP contribution in [-0.4, -0.2) is 34.5 Å². The maximum absolute atomic E-state index is 12.4. The summed E-state index contributed by atoms with van der Waals surface area (Å²) in [5.41, 5.74) is -0.499. The highest BCUT2D eigenvalue weighted by molar-refractivity contribution is 6.06. The van der Waals surface area contributed by atoms with Gasteiger partial charge in [0.25, 0.3) is 0 Å². The van der Waals surface area contributed by atoms with Gasteiger partial charge in [-0.1, -0.05) is 20.8 Å². The Kier molecular flexibility index (Phi) is 4.31. The summed E-state index contributed by atoms with van der Waals surface area (Å²) < 4.78 is 0. The molecule has 2 amide bonds. The molecule has 1 aliphatic rings. The minimum Gasteiger partial charge on any atom is -0.396 e. The maximum atomic E-state index is 12.4. The van der Waals surface area contributed by atoms with Gasteiger partial charge < -0.3 is 5.11 Å². The van der Waals surface area contributed by atoms with Gasteiger partial charge in [-0.25, -0.2) is 0 Å². The Morgan fingerprint density at radius 3 is 2.18 bits per heavy atom. The summed E-state index contributed by atoms with van der Waals surface area (Å²) in [6.07, 6.45) is 1.72. The van der Waals surface area contributed by atoms with Gasteiger partial charge in [0, 0.05) is 19.1 Å². The summed E-state index contributed by atoms with van der Waals surface area (Å²) in [5.74, 6) is -0.223. The van der Waals surface area contributed by atoms with Crippen molar-refractivity contribution in [3.8, 4) is 0 Å². The van der Waals surface area contributed by atoms with Gasteiger partial charge in [-0.2, -0.15) is 0 Å². The van der Waals surface area contributed by atoms with Crippen LogP contribution < -0.4 is 0 Å². The number of nitrogens with zero attached hydrogens (tertiary/aromatic N) is 1. The van der Waals surface area contributed by atoms with Crippen molar-refractivity contribution in [1.29, 1.82) is 0 Å². The standard InChI is InChI=1S/C13H23NO3/c1-5-13(6-2)7-11(16)14(12(13)17)10(4)9(3)8-15/h9-10,15H,5-8H2,1-4H3. The predicted octanol–water partition coefficient (Wildman–Crippen LogP) is 1.57. The van der Waals surface area contributed by atoms with Crippen LogP contribution in [0, 0.1) is 11.3 Å². The van der Waals surface area contributed by atoms with Crippen molar-refractivity contribution in [2.45, 2.75) is 53.0 Å². The first-order chi connectivity index (χ1) is 7.93. The first kappa shape index (κ1) is 14.2. The smallest absolute Gasteiger partial charge is 0.236 e. The summed E-state index contributed by atoms with van der Waals surface area (Å²) in [4.78, 5) is 25.8. The van der Waals surface area contributed by atoms with Gasteiger partial charge in [0.05, 0.1) is 5.41 Å². The number of aliphatic hydroxyl groups excluding tert-OH is 1. The molecule has 0 aromatic heterocycles. The Hall–Kier alpha value is -0.900. The van der Waals surface area contributed by atoms with E-state index in [1.165, 1.54) is 4.90 Å². The number of carbonyl (C=O) groups is 2. The van der Waals surface area contributed by atoms with E-state index in [1.54, 1.807) is 0 Å². The van der Waals surface area contributed by atoms with E-state index in [9.17, 15) is 9.59 Å². The molecule has 1 rings (SSSR count). The van der Waals surface area contributed by atoms with E-state index in [4.69, 9.17) is 5.11 Å². The van der Waals surface area contributed by atoms with Gasteiger partial charge in [-0.05, 0) is 25.7 Å². The number of amides is 2. The van der Waals surface area contributed by atoms with Crippen molar-refractivity contribution in [3.63, 3.8) is 0 Å². The fourth-order valence-electron chi connectivity index (χ4n) is 2.44. The van der Waals surface area contributed by atoms with Crippen LogP contribution in [-0.2, 0) is 9.59 Å². The van der Waals surface area contributed by atoms with Crippen molar-refractivity contribution in [1.82, 2.24) is 4.90 Å². The monoisotopic (exact) mass is 241 g/mol. The summed E-state index contributed by atoms with van der Waals surface area (Å²) in [7, 11) is 0. The highest BCUT2D eigenvalue weighted by Gasteiger charge is 2.50. The van der Waals surface area contributed by atoms with Crippen LogP contribution in [0.15, 0.2) is 0 Å². The van der Waals surface area contributed by atoms with Crippen LogP contribution in [0.4, 0.5) is 0 Å². The number of hydrogen-bond donors (Lipinski definition) is 1. The van der Waals surface area contributed by atoms with Gasteiger partial charge in [-0.15, -0.1) is 0 Å². The highest BCUT2D eigenvalue weighted by Crippen LogP contribution is 2.40. The van der Waals surface area contributed by atoms with Crippen molar-refractivity contribution in [2.75, 3.05) is 6.61 Å². The Morgan fingerprint density at radius 1 is 1.29 bits per heavy atom. The van der Waals surface area contributed by atoms with E-state index >= 15 is 0 Å². The molecule has 0 spiro atoms. The minimum atomic E-state index is -0.499. The second-order valence-corrected chi connectivity index (χ2v) is 5.13. The van der Waals surface area contributed by atoms with E-state index in [-0.39, 0.29) is 30.4 Å². The van der Waals surface area contributed by atoms with E-state index in [0.29, 0.717) is 19.3 Å². The summed E-state index contributed by atoms with van der Waals surface area (Å²) >= 11 is 0. The lowest BCUT2D eigenvalue weighted by Crippen LogP contribution is -2.44. The van der Waals surface area contributed by atoms with Gasteiger partial charge >= 0.3 is 0 Å². The van der Waals surface area contributed by atoms with E-state index in [0.717, 1.165) is 0 Å². The fourth-order valence-corrected chi connectivity index (χ4v) is 2.44. The molecule has 1 aliphatic heterocycles. The second-order valence-electron chi connectivity index (χ2n) is 5.13. The Morgan fingerprint density at radius 2 is 1.82 bits per heavy atom. The van der Waals surface area contributed by atoms with Crippen LogP contribution >= 0.6 is 0 Å². The molecule has 0 aliphatic carbocycles. The first-order valence-corrected chi connectivity index (χ1v) is 6.40. The Bertz CT molecular complexity index is 310. The van der Waals surface area contributed by atoms with Gasteiger partial charge in [0.2, 0.25) is 11.8 Å². The molecule has 1 fully saturated rings. The molecule has 0 aromatic carbocycles. The molecule has 0 aromatic rings. The molecular formula is C13H23NO3. The largest absolute Gasteiger partial charge is 0.396 e. The SMILES string of the molecule is CCC1(CC)CC(=O)N(C(C)C(C)CO)C1=O.